The summed E-state index contributed by atoms with van der Waals surface area (Å²) < 4.78 is 51.9. The number of likely N-dealkylation sites (tertiary alicyclic amines) is 1. The van der Waals surface area contributed by atoms with Gasteiger partial charge in [-0.05, 0) is 67.0 Å². The molecule has 2 N–H and O–H groups in total. The topological polar surface area (TPSA) is 103 Å². The number of carboxylic acid groups (broad SMARTS) is 1. The monoisotopic (exact) mass is 617 g/mol. The minimum atomic E-state index is -5.19. The van der Waals surface area contributed by atoms with Crippen LogP contribution in [0.25, 0.3) is 0 Å². The summed E-state index contributed by atoms with van der Waals surface area (Å²) in [5.41, 5.74) is 0.527. The van der Waals surface area contributed by atoms with Gasteiger partial charge in [0.2, 0.25) is 0 Å². The number of urea groups is 1. The van der Waals surface area contributed by atoms with Crippen molar-refractivity contribution in [3.63, 3.8) is 0 Å². The molecule has 2 aliphatic rings. The number of hydrogen-bond donors (Lipinski definition) is 2. The van der Waals surface area contributed by atoms with Crippen LogP contribution in [0, 0.1) is 5.82 Å². The number of aliphatic carboxylic acids is 1. The van der Waals surface area contributed by atoms with Gasteiger partial charge in [-0.2, -0.15) is 13.2 Å². The molecular formula is C26H28BrF4N3O5. The standard InChI is InChI=1S/C24H27BrFN3O3.C2HF3O2/c1-15(2)32-19-6-4-5-17(11-19)14-28-10-9-24(13-16(28)3)22(30)27-23(31)29(24)21-12-18(26)7-8-20(21)25;3-2(4,5)1(6)7/h4-8,11-12,15-16H,9-10,13-14H2,1-3H3,(H,27,30,31);(H,6,7)/t16-,24+;/m0./s1. The zero-order valence-corrected chi connectivity index (χ0v) is 23.0. The minimum absolute atomic E-state index is 0.109. The number of nitrogens with one attached hydrogen (secondary N) is 2. The lowest BCUT2D eigenvalue weighted by atomic mass is 9.81. The molecule has 0 aromatic heterocycles. The van der Waals surface area contributed by atoms with Crippen LogP contribution in [-0.2, 0) is 16.1 Å². The number of rotatable bonds is 5. The lowest BCUT2D eigenvalue weighted by Crippen LogP contribution is -3.16. The number of carboxylic acids is 1. The zero-order valence-electron chi connectivity index (χ0n) is 21.4. The van der Waals surface area contributed by atoms with Crippen molar-refractivity contribution in [1.29, 1.82) is 0 Å². The van der Waals surface area contributed by atoms with Crippen LogP contribution in [0.2, 0.25) is 0 Å². The summed E-state index contributed by atoms with van der Waals surface area (Å²) in [6, 6.07) is 11.9. The Morgan fingerprint density at radius 2 is 1.92 bits per heavy atom. The van der Waals surface area contributed by atoms with Gasteiger partial charge in [0.15, 0.2) is 0 Å². The third-order valence-corrected chi connectivity index (χ3v) is 7.23. The number of anilines is 1. The molecule has 212 valence electrons. The maximum absolute atomic E-state index is 14.0. The van der Waals surface area contributed by atoms with Crippen LogP contribution in [0.5, 0.6) is 5.75 Å². The Kier molecular flexibility index (Phi) is 9.27. The molecule has 0 radical (unpaired) electrons. The summed E-state index contributed by atoms with van der Waals surface area (Å²) in [6.07, 6.45) is -4.10. The third-order valence-electron chi connectivity index (χ3n) is 6.56. The summed E-state index contributed by atoms with van der Waals surface area (Å²) in [5, 5.41) is 11.2. The van der Waals surface area contributed by atoms with Gasteiger partial charge >= 0.3 is 12.2 Å². The first-order valence-corrected chi connectivity index (χ1v) is 12.9. The van der Waals surface area contributed by atoms with E-state index in [9.17, 15) is 27.2 Å². The first-order chi connectivity index (χ1) is 18.1. The van der Waals surface area contributed by atoms with E-state index < -0.39 is 29.5 Å². The van der Waals surface area contributed by atoms with Crippen LogP contribution in [0.4, 0.5) is 28.0 Å². The average Bonchev–Trinajstić information content (AvgIpc) is 3.05. The maximum Gasteiger partial charge on any atom is 0.430 e. The fourth-order valence-electron chi connectivity index (χ4n) is 4.86. The van der Waals surface area contributed by atoms with E-state index in [1.54, 1.807) is 6.07 Å². The van der Waals surface area contributed by atoms with Crippen molar-refractivity contribution >= 4 is 39.5 Å². The van der Waals surface area contributed by atoms with Crippen molar-refractivity contribution in [1.82, 2.24) is 5.32 Å². The Morgan fingerprint density at radius 1 is 1.26 bits per heavy atom. The number of amides is 3. The molecular weight excluding hydrogens is 590 g/mol. The van der Waals surface area contributed by atoms with E-state index >= 15 is 0 Å². The molecule has 2 aliphatic heterocycles. The molecule has 3 amide bonds. The summed E-state index contributed by atoms with van der Waals surface area (Å²) in [5.74, 6) is -2.92. The number of nitrogens with zero attached hydrogens (tertiary/aromatic N) is 1. The number of alkyl halides is 3. The van der Waals surface area contributed by atoms with Crippen LogP contribution in [0.15, 0.2) is 46.9 Å². The van der Waals surface area contributed by atoms with Crippen LogP contribution < -0.4 is 25.0 Å². The Hall–Kier alpha value is -3.19. The number of piperidine rings is 1. The number of hydrogen-bond acceptors (Lipinski definition) is 5. The van der Waals surface area contributed by atoms with E-state index in [4.69, 9.17) is 14.6 Å². The van der Waals surface area contributed by atoms with E-state index in [-0.39, 0.29) is 18.1 Å². The smallest absolute Gasteiger partial charge is 0.430 e. The zero-order chi connectivity index (χ0) is 29.1. The van der Waals surface area contributed by atoms with Gasteiger partial charge in [0, 0.05) is 22.9 Å². The first-order valence-electron chi connectivity index (χ1n) is 12.1. The molecule has 4 rings (SSSR count). The van der Waals surface area contributed by atoms with E-state index in [1.165, 1.54) is 21.9 Å². The van der Waals surface area contributed by atoms with Gasteiger partial charge in [-0.1, -0.05) is 12.1 Å². The highest BCUT2D eigenvalue weighted by Gasteiger charge is 2.58. The molecule has 1 unspecified atom stereocenters. The van der Waals surface area contributed by atoms with Crippen molar-refractivity contribution in [2.24, 2.45) is 0 Å². The summed E-state index contributed by atoms with van der Waals surface area (Å²) >= 11 is 3.42. The highest BCUT2D eigenvalue weighted by atomic mass is 79.9. The van der Waals surface area contributed by atoms with Gasteiger partial charge in [0.25, 0.3) is 5.91 Å². The summed E-state index contributed by atoms with van der Waals surface area (Å²) in [7, 11) is 0. The van der Waals surface area contributed by atoms with Crippen molar-refractivity contribution in [3.05, 3.63) is 58.3 Å². The number of imide groups is 1. The van der Waals surface area contributed by atoms with Crippen LogP contribution in [0.3, 0.4) is 0 Å². The van der Waals surface area contributed by atoms with E-state index in [0.29, 0.717) is 29.5 Å². The van der Waals surface area contributed by atoms with Gasteiger partial charge in [0.05, 0.1) is 24.4 Å². The first kappa shape index (κ1) is 30.4. The molecule has 2 aromatic rings. The van der Waals surface area contributed by atoms with Crippen LogP contribution in [-0.4, -0.2) is 48.3 Å². The minimum Gasteiger partial charge on any atom is -0.542 e. The van der Waals surface area contributed by atoms with Crippen molar-refractivity contribution in [2.45, 2.75) is 64.0 Å². The lowest BCUT2D eigenvalue weighted by Gasteiger charge is -2.43. The van der Waals surface area contributed by atoms with E-state index in [1.807, 2.05) is 26.0 Å². The number of carbonyl (C=O) groups excluding carboxylic acids is 3. The van der Waals surface area contributed by atoms with Crippen LogP contribution >= 0.6 is 15.9 Å². The van der Waals surface area contributed by atoms with E-state index in [2.05, 4.69) is 40.3 Å². The van der Waals surface area contributed by atoms with Gasteiger partial charge < -0.3 is 19.5 Å². The maximum atomic E-state index is 14.0. The highest BCUT2D eigenvalue weighted by molar-refractivity contribution is 9.10. The normalized spacial score (nSPS) is 22.9. The molecule has 2 fully saturated rings. The Labute approximate surface area is 231 Å². The third kappa shape index (κ3) is 7.07. The number of carbonyl (C=O) groups is 3. The Bertz CT molecular complexity index is 1240. The second-order valence-corrected chi connectivity index (χ2v) is 10.6. The molecule has 2 saturated heterocycles. The van der Waals surface area contributed by atoms with Crippen molar-refractivity contribution in [3.8, 4) is 5.75 Å². The molecule has 13 heteroatoms. The highest BCUT2D eigenvalue weighted by Crippen LogP contribution is 2.40. The quantitative estimate of drug-likeness (QED) is 0.397. The predicted molar refractivity (Wildman–Crippen MR) is 134 cm³/mol. The molecule has 0 aliphatic carbocycles. The summed E-state index contributed by atoms with van der Waals surface area (Å²) in [6.45, 7) is 7.60. The van der Waals surface area contributed by atoms with Gasteiger partial charge in [0.1, 0.15) is 29.6 Å². The number of benzene rings is 2. The molecule has 0 saturated carbocycles. The predicted octanol–water partition coefficient (Wildman–Crippen LogP) is 2.74. The Morgan fingerprint density at radius 3 is 2.51 bits per heavy atom. The largest absolute Gasteiger partial charge is 0.542 e. The van der Waals surface area contributed by atoms with E-state index in [0.717, 1.165) is 17.9 Å². The SMILES string of the molecule is CC(C)Oc1cccc(C[NH+]2CC[C@@]3(C[C@@H]2C)C(=O)NC(=O)N3c2cc(F)ccc2Br)c1.O=C([O-])C(F)(F)F. The fraction of sp³-hybridized carbons (Fsp3) is 0.423. The number of halogens is 5. The molecule has 0 bridgehead atoms. The summed E-state index contributed by atoms with van der Waals surface area (Å²) in [4.78, 5) is 37.3. The fourth-order valence-corrected chi connectivity index (χ4v) is 5.29. The molecule has 3 atom stereocenters. The van der Waals surface area contributed by atoms with Crippen molar-refractivity contribution < 1.29 is 46.7 Å². The molecule has 39 heavy (non-hydrogen) atoms. The van der Waals surface area contributed by atoms with Gasteiger partial charge in [-0.15, -0.1) is 0 Å². The molecule has 2 heterocycles. The lowest BCUT2D eigenvalue weighted by molar-refractivity contribution is -0.942. The van der Waals surface area contributed by atoms with Crippen molar-refractivity contribution in [2.75, 3.05) is 11.4 Å². The second-order valence-electron chi connectivity index (χ2n) is 9.76. The van der Waals surface area contributed by atoms with Gasteiger partial charge in [-0.25, -0.2) is 9.18 Å². The van der Waals surface area contributed by atoms with Crippen LogP contribution in [0.1, 0.15) is 39.2 Å². The number of ether oxygens (including phenoxy) is 1. The Balaban J connectivity index is 0.000000532. The molecule has 2 aromatic carbocycles. The molecule has 8 nitrogen and oxygen atoms in total. The average molecular weight is 618 g/mol. The van der Waals surface area contributed by atoms with Gasteiger partial charge in [-0.3, -0.25) is 15.0 Å². The molecule has 1 spiro atoms. The number of quaternary nitrogens is 1. The second kappa shape index (κ2) is 11.9.